The summed E-state index contributed by atoms with van der Waals surface area (Å²) in [5, 5.41) is 6.70. The minimum atomic E-state index is 0.0560. The van der Waals surface area contributed by atoms with Crippen molar-refractivity contribution in [2.45, 2.75) is 46.2 Å². The Labute approximate surface area is 178 Å². The molecule has 30 heavy (non-hydrogen) atoms. The van der Waals surface area contributed by atoms with Gasteiger partial charge in [0.2, 0.25) is 0 Å². The lowest BCUT2D eigenvalue weighted by Gasteiger charge is -2.32. The Kier molecular flexibility index (Phi) is 6.18. The molecule has 1 aliphatic heterocycles. The number of aromatic nitrogens is 2. The number of piperidine rings is 1. The fourth-order valence-corrected chi connectivity index (χ4v) is 4.47. The molecule has 1 aromatic heterocycles. The Morgan fingerprint density at radius 3 is 2.80 bits per heavy atom. The van der Waals surface area contributed by atoms with E-state index in [2.05, 4.69) is 28.5 Å². The van der Waals surface area contributed by atoms with Crippen molar-refractivity contribution < 1.29 is 9.53 Å². The maximum Gasteiger partial charge on any atom is 0.167 e. The number of hydrogen-bond donors (Lipinski definition) is 0. The maximum absolute atomic E-state index is 13.3. The van der Waals surface area contributed by atoms with Crippen molar-refractivity contribution in [3.05, 3.63) is 59.4 Å². The summed E-state index contributed by atoms with van der Waals surface area (Å²) in [6.07, 6.45) is 5.10. The van der Waals surface area contributed by atoms with Gasteiger partial charge in [-0.05, 0) is 61.7 Å². The van der Waals surface area contributed by atoms with Gasteiger partial charge in [-0.1, -0.05) is 25.1 Å². The fraction of sp³-hybridized carbons (Fsp3) is 0.440. The van der Waals surface area contributed by atoms with E-state index in [0.29, 0.717) is 0 Å². The standard InChI is InChI=1S/C25H31N3O2/c1-4-11-28-18(2)23(15-26-28)17-27-12-5-6-22(16-27)25(29)21-8-7-20-14-24(30-3)10-9-19(20)13-21/h7-10,13-15,22H,4-6,11-12,16-17H2,1-3H3. The number of nitrogens with zero attached hydrogens (tertiary/aromatic N) is 3. The quantitative estimate of drug-likeness (QED) is 0.527. The van der Waals surface area contributed by atoms with Crippen LogP contribution in [0.1, 0.15) is 47.8 Å². The molecule has 4 rings (SSSR count). The van der Waals surface area contributed by atoms with Crippen molar-refractivity contribution in [1.82, 2.24) is 14.7 Å². The van der Waals surface area contributed by atoms with Gasteiger partial charge in [0.1, 0.15) is 5.75 Å². The number of ketones is 1. The van der Waals surface area contributed by atoms with Crippen molar-refractivity contribution in [2.24, 2.45) is 5.92 Å². The van der Waals surface area contributed by atoms with Crippen LogP contribution in [0.2, 0.25) is 0 Å². The predicted molar refractivity (Wildman–Crippen MR) is 120 cm³/mol. The van der Waals surface area contributed by atoms with Crippen LogP contribution >= 0.6 is 0 Å². The summed E-state index contributed by atoms with van der Waals surface area (Å²) in [5.41, 5.74) is 3.33. The molecule has 1 fully saturated rings. The van der Waals surface area contributed by atoms with E-state index >= 15 is 0 Å². The van der Waals surface area contributed by atoms with E-state index in [9.17, 15) is 4.79 Å². The van der Waals surface area contributed by atoms with E-state index in [1.807, 2.05) is 42.6 Å². The van der Waals surface area contributed by atoms with Crippen LogP contribution in [-0.4, -0.2) is 40.7 Å². The second-order valence-corrected chi connectivity index (χ2v) is 8.34. The average molecular weight is 406 g/mol. The van der Waals surface area contributed by atoms with Crippen LogP contribution < -0.4 is 4.74 Å². The monoisotopic (exact) mass is 405 g/mol. The third-order valence-electron chi connectivity index (χ3n) is 6.24. The molecular formula is C25H31N3O2. The van der Waals surface area contributed by atoms with Gasteiger partial charge in [-0.25, -0.2) is 0 Å². The third kappa shape index (κ3) is 4.26. The van der Waals surface area contributed by atoms with Crippen molar-refractivity contribution >= 4 is 16.6 Å². The number of aryl methyl sites for hydroxylation is 1. The molecule has 2 aromatic carbocycles. The number of carbonyl (C=O) groups excluding carboxylic acids is 1. The first-order chi connectivity index (χ1) is 14.6. The van der Waals surface area contributed by atoms with Crippen LogP contribution in [-0.2, 0) is 13.1 Å². The highest BCUT2D eigenvalue weighted by Crippen LogP contribution is 2.26. The smallest absolute Gasteiger partial charge is 0.167 e. The van der Waals surface area contributed by atoms with Gasteiger partial charge in [0, 0.05) is 42.4 Å². The highest BCUT2D eigenvalue weighted by atomic mass is 16.5. The topological polar surface area (TPSA) is 47.4 Å². The number of carbonyl (C=O) groups is 1. The molecule has 3 aromatic rings. The van der Waals surface area contributed by atoms with Gasteiger partial charge in [-0.3, -0.25) is 14.4 Å². The SMILES string of the molecule is CCCn1ncc(CN2CCCC(C(=O)c3ccc4cc(OC)ccc4c3)C2)c1C. The second-order valence-electron chi connectivity index (χ2n) is 8.34. The van der Waals surface area contributed by atoms with Crippen LogP contribution in [0.3, 0.4) is 0 Å². The largest absolute Gasteiger partial charge is 0.497 e. The molecule has 0 spiro atoms. The highest BCUT2D eigenvalue weighted by Gasteiger charge is 2.27. The van der Waals surface area contributed by atoms with Gasteiger partial charge in [0.15, 0.2) is 5.78 Å². The third-order valence-corrected chi connectivity index (χ3v) is 6.24. The molecule has 0 amide bonds. The molecule has 0 radical (unpaired) electrons. The van der Waals surface area contributed by atoms with E-state index in [0.717, 1.165) is 67.5 Å². The molecule has 158 valence electrons. The van der Waals surface area contributed by atoms with Gasteiger partial charge >= 0.3 is 0 Å². The normalized spacial score (nSPS) is 17.4. The van der Waals surface area contributed by atoms with Crippen molar-refractivity contribution in [3.63, 3.8) is 0 Å². The van der Waals surface area contributed by atoms with Crippen LogP contribution in [0, 0.1) is 12.8 Å². The molecule has 5 heteroatoms. The molecule has 5 nitrogen and oxygen atoms in total. The van der Waals surface area contributed by atoms with E-state index in [4.69, 9.17) is 4.74 Å². The minimum absolute atomic E-state index is 0.0560. The van der Waals surface area contributed by atoms with Crippen LogP contribution in [0.15, 0.2) is 42.6 Å². The zero-order chi connectivity index (χ0) is 21.1. The molecule has 0 aliphatic carbocycles. The number of fused-ring (bicyclic) bond motifs is 1. The van der Waals surface area contributed by atoms with Crippen molar-refractivity contribution in [1.29, 1.82) is 0 Å². The Bertz CT molecular complexity index is 1040. The van der Waals surface area contributed by atoms with Crippen molar-refractivity contribution in [2.75, 3.05) is 20.2 Å². The molecule has 1 atom stereocenters. The molecule has 1 aliphatic rings. The van der Waals surface area contributed by atoms with Crippen LogP contribution in [0.25, 0.3) is 10.8 Å². The van der Waals surface area contributed by atoms with Gasteiger partial charge < -0.3 is 4.74 Å². The number of likely N-dealkylation sites (tertiary alicyclic amines) is 1. The molecule has 0 N–H and O–H groups in total. The summed E-state index contributed by atoms with van der Waals surface area (Å²) in [4.78, 5) is 15.7. The Hall–Kier alpha value is -2.66. The van der Waals surface area contributed by atoms with E-state index < -0.39 is 0 Å². The predicted octanol–water partition coefficient (Wildman–Crippen LogP) is 4.86. The lowest BCUT2D eigenvalue weighted by atomic mass is 9.89. The molecule has 2 heterocycles. The van der Waals surface area contributed by atoms with Gasteiger partial charge in [0.05, 0.1) is 13.3 Å². The van der Waals surface area contributed by atoms with Gasteiger partial charge in [-0.15, -0.1) is 0 Å². The second kappa shape index (κ2) is 9.00. The number of methoxy groups -OCH3 is 1. The van der Waals surface area contributed by atoms with Crippen LogP contribution in [0.4, 0.5) is 0 Å². The van der Waals surface area contributed by atoms with Gasteiger partial charge in [0.25, 0.3) is 0 Å². The number of Topliss-reactive ketones (excluding diaryl/α,β-unsaturated/α-hetero) is 1. The summed E-state index contributed by atoms with van der Waals surface area (Å²) in [7, 11) is 1.67. The zero-order valence-electron chi connectivity index (χ0n) is 18.2. The minimum Gasteiger partial charge on any atom is -0.497 e. The Morgan fingerprint density at radius 2 is 2.00 bits per heavy atom. The zero-order valence-corrected chi connectivity index (χ0v) is 18.2. The summed E-state index contributed by atoms with van der Waals surface area (Å²) in [6.45, 7) is 8.01. The molecule has 0 saturated carbocycles. The van der Waals surface area contributed by atoms with E-state index in [1.165, 1.54) is 11.3 Å². The summed E-state index contributed by atoms with van der Waals surface area (Å²) in [5.74, 6) is 1.15. The molecule has 1 saturated heterocycles. The van der Waals surface area contributed by atoms with Crippen molar-refractivity contribution in [3.8, 4) is 5.75 Å². The Morgan fingerprint density at radius 1 is 1.20 bits per heavy atom. The first kappa shape index (κ1) is 20.6. The Balaban J connectivity index is 1.46. The van der Waals surface area contributed by atoms with E-state index in [-0.39, 0.29) is 11.7 Å². The molecule has 1 unspecified atom stereocenters. The fourth-order valence-electron chi connectivity index (χ4n) is 4.47. The number of benzene rings is 2. The summed E-state index contributed by atoms with van der Waals surface area (Å²) < 4.78 is 7.39. The summed E-state index contributed by atoms with van der Waals surface area (Å²) in [6, 6.07) is 12.0. The summed E-state index contributed by atoms with van der Waals surface area (Å²) >= 11 is 0. The van der Waals surface area contributed by atoms with Gasteiger partial charge in [-0.2, -0.15) is 5.10 Å². The molecular weight excluding hydrogens is 374 g/mol. The number of hydrogen-bond acceptors (Lipinski definition) is 4. The van der Waals surface area contributed by atoms with Crippen LogP contribution in [0.5, 0.6) is 5.75 Å². The first-order valence-corrected chi connectivity index (χ1v) is 10.9. The maximum atomic E-state index is 13.3. The highest BCUT2D eigenvalue weighted by molar-refractivity contribution is 6.01. The lowest BCUT2D eigenvalue weighted by Crippen LogP contribution is -2.38. The molecule has 0 bridgehead atoms. The average Bonchev–Trinajstić information content (AvgIpc) is 3.12. The van der Waals surface area contributed by atoms with E-state index in [1.54, 1.807) is 7.11 Å². The number of rotatable bonds is 7. The number of ether oxygens (including phenoxy) is 1. The lowest BCUT2D eigenvalue weighted by molar-refractivity contribution is 0.0811. The first-order valence-electron chi connectivity index (χ1n) is 10.9.